The zero-order valence-electron chi connectivity index (χ0n) is 17.1. The Hall–Kier alpha value is -2.71. The van der Waals surface area contributed by atoms with Crippen LogP contribution in [0.3, 0.4) is 0 Å². The monoisotopic (exact) mass is 417 g/mol. The van der Waals surface area contributed by atoms with Crippen LogP contribution in [0.15, 0.2) is 47.4 Å². The summed E-state index contributed by atoms with van der Waals surface area (Å²) in [6, 6.07) is 11.8. The molecule has 0 saturated carbocycles. The Bertz CT molecular complexity index is 983. The summed E-state index contributed by atoms with van der Waals surface area (Å²) in [6.07, 6.45) is 0.731. The molecule has 0 atom stereocenters. The average Bonchev–Trinajstić information content (AvgIpc) is 2.69. The number of amides is 2. The highest BCUT2D eigenvalue weighted by Gasteiger charge is 2.12. The van der Waals surface area contributed by atoms with Crippen molar-refractivity contribution >= 4 is 33.2 Å². The molecule has 0 heterocycles. The number of carbonyl (C=O) groups is 2. The molecule has 0 unspecified atom stereocenters. The van der Waals surface area contributed by atoms with Gasteiger partial charge in [-0.3, -0.25) is 9.59 Å². The summed E-state index contributed by atoms with van der Waals surface area (Å²) in [4.78, 5) is 24.4. The second-order valence-electron chi connectivity index (χ2n) is 7.07. The molecule has 2 amide bonds. The third-order valence-electron chi connectivity index (χ3n) is 4.45. The van der Waals surface area contributed by atoms with Gasteiger partial charge < -0.3 is 10.6 Å². The predicted molar refractivity (Wildman–Crippen MR) is 114 cm³/mol. The van der Waals surface area contributed by atoms with E-state index in [4.69, 9.17) is 0 Å². The van der Waals surface area contributed by atoms with Gasteiger partial charge in [0.15, 0.2) is 0 Å². The van der Waals surface area contributed by atoms with Crippen molar-refractivity contribution in [3.8, 4) is 0 Å². The van der Waals surface area contributed by atoms with E-state index in [0.717, 1.165) is 11.1 Å². The van der Waals surface area contributed by atoms with Gasteiger partial charge in [0.2, 0.25) is 21.8 Å². The normalized spacial score (nSPS) is 11.3. The van der Waals surface area contributed by atoms with Gasteiger partial charge in [-0.25, -0.2) is 13.1 Å². The molecule has 0 spiro atoms. The number of hydrogen-bond acceptors (Lipinski definition) is 4. The number of sulfonamides is 1. The molecule has 2 aromatic rings. The van der Waals surface area contributed by atoms with Crippen molar-refractivity contribution in [3.05, 3.63) is 53.6 Å². The molecular formula is C21H27N3O4S. The van der Waals surface area contributed by atoms with Gasteiger partial charge in [-0.2, -0.15) is 0 Å². The van der Waals surface area contributed by atoms with Crippen molar-refractivity contribution in [3.63, 3.8) is 0 Å². The maximum Gasteiger partial charge on any atom is 0.240 e. The summed E-state index contributed by atoms with van der Waals surface area (Å²) in [5, 5.41) is 5.69. The minimum absolute atomic E-state index is 0.0881. The lowest BCUT2D eigenvalue weighted by Gasteiger charge is -2.13. The molecule has 2 aromatic carbocycles. The first-order chi connectivity index (χ1) is 13.6. The van der Waals surface area contributed by atoms with Crippen LogP contribution in [0.1, 0.15) is 31.4 Å². The second-order valence-corrected chi connectivity index (χ2v) is 8.96. The van der Waals surface area contributed by atoms with E-state index in [0.29, 0.717) is 17.8 Å². The van der Waals surface area contributed by atoms with E-state index >= 15 is 0 Å². The summed E-state index contributed by atoms with van der Waals surface area (Å²) in [5.74, 6) is -0.383. The fourth-order valence-electron chi connectivity index (χ4n) is 2.54. The molecule has 0 aliphatic carbocycles. The van der Waals surface area contributed by atoms with Gasteiger partial charge in [-0.15, -0.1) is 0 Å². The highest BCUT2D eigenvalue weighted by molar-refractivity contribution is 7.89. The lowest BCUT2D eigenvalue weighted by molar-refractivity contribution is -0.119. The number of benzene rings is 2. The van der Waals surface area contributed by atoms with Crippen LogP contribution in [0.4, 0.5) is 11.4 Å². The van der Waals surface area contributed by atoms with E-state index < -0.39 is 10.0 Å². The third kappa shape index (κ3) is 6.40. The molecule has 0 saturated heterocycles. The average molecular weight is 418 g/mol. The van der Waals surface area contributed by atoms with Crippen molar-refractivity contribution in [2.75, 3.05) is 17.7 Å². The van der Waals surface area contributed by atoms with Crippen LogP contribution in [0, 0.1) is 12.8 Å². The van der Waals surface area contributed by atoms with E-state index in [1.807, 2.05) is 26.8 Å². The summed E-state index contributed by atoms with van der Waals surface area (Å²) >= 11 is 0. The van der Waals surface area contributed by atoms with Gasteiger partial charge in [0.1, 0.15) is 0 Å². The second kappa shape index (κ2) is 9.67. The van der Waals surface area contributed by atoms with E-state index in [1.54, 1.807) is 24.3 Å². The fraction of sp³-hybridized carbons (Fsp3) is 0.333. The number of aryl methyl sites for hydroxylation is 2. The first kappa shape index (κ1) is 22.6. The Balaban J connectivity index is 1.98. The van der Waals surface area contributed by atoms with Crippen LogP contribution in [-0.2, 0) is 26.0 Å². The first-order valence-corrected chi connectivity index (χ1v) is 10.8. The Kier molecular flexibility index (Phi) is 7.53. The largest absolute Gasteiger partial charge is 0.326 e. The molecule has 8 heteroatoms. The molecule has 0 aliphatic heterocycles. The number of nitrogens with one attached hydrogen (secondary N) is 3. The lowest BCUT2D eigenvalue weighted by Crippen LogP contribution is -2.18. The van der Waals surface area contributed by atoms with Gasteiger partial charge in [-0.1, -0.05) is 32.0 Å². The molecule has 3 N–H and O–H groups in total. The number of anilines is 2. The summed E-state index contributed by atoms with van der Waals surface area (Å²) in [7, 11) is -2.11. The standard InChI is InChI=1S/C21H27N3O4S/c1-14(2)21(26)23-17-9-5-15(3)19(13-17)24-20(25)12-8-16-6-10-18(11-7-16)29(27,28)22-4/h5-7,9-11,13-14,22H,8,12H2,1-4H3,(H,23,26)(H,24,25). The minimum atomic E-state index is -3.47. The molecule has 0 aliphatic rings. The molecule has 0 aromatic heterocycles. The molecular weight excluding hydrogens is 390 g/mol. The number of rotatable bonds is 8. The Labute approximate surface area is 172 Å². The van der Waals surface area contributed by atoms with Crippen molar-refractivity contribution in [1.82, 2.24) is 4.72 Å². The zero-order chi connectivity index (χ0) is 21.6. The van der Waals surface area contributed by atoms with Crippen LogP contribution >= 0.6 is 0 Å². The Morgan fingerprint density at radius 1 is 1.00 bits per heavy atom. The maximum absolute atomic E-state index is 12.3. The molecule has 156 valence electrons. The molecule has 29 heavy (non-hydrogen) atoms. The van der Waals surface area contributed by atoms with Crippen LogP contribution < -0.4 is 15.4 Å². The van der Waals surface area contributed by atoms with Gasteiger partial charge >= 0.3 is 0 Å². The first-order valence-electron chi connectivity index (χ1n) is 9.36. The smallest absolute Gasteiger partial charge is 0.240 e. The van der Waals surface area contributed by atoms with Gasteiger partial charge in [-0.05, 0) is 55.8 Å². The summed E-state index contributed by atoms with van der Waals surface area (Å²) in [5.41, 5.74) is 3.03. The highest BCUT2D eigenvalue weighted by Crippen LogP contribution is 2.21. The van der Waals surface area contributed by atoms with Crippen LogP contribution in [0.25, 0.3) is 0 Å². The van der Waals surface area contributed by atoms with Gasteiger partial charge in [0.25, 0.3) is 0 Å². The van der Waals surface area contributed by atoms with Crippen molar-refractivity contribution < 1.29 is 18.0 Å². The van der Waals surface area contributed by atoms with Gasteiger partial charge in [0.05, 0.1) is 4.90 Å². The topological polar surface area (TPSA) is 104 Å². The number of hydrogen-bond donors (Lipinski definition) is 3. The maximum atomic E-state index is 12.3. The SMILES string of the molecule is CNS(=O)(=O)c1ccc(CCC(=O)Nc2cc(NC(=O)C(C)C)ccc2C)cc1. The minimum Gasteiger partial charge on any atom is -0.326 e. The van der Waals surface area contributed by atoms with Gasteiger partial charge in [0, 0.05) is 23.7 Å². The molecule has 2 rings (SSSR count). The molecule has 0 bridgehead atoms. The molecule has 0 fully saturated rings. The van der Waals surface area contributed by atoms with Crippen LogP contribution in [0.2, 0.25) is 0 Å². The summed E-state index contributed by atoms with van der Waals surface area (Å²) in [6.45, 7) is 5.50. The van der Waals surface area contributed by atoms with E-state index in [-0.39, 0.29) is 29.0 Å². The van der Waals surface area contributed by atoms with E-state index in [2.05, 4.69) is 15.4 Å². The predicted octanol–water partition coefficient (Wildman–Crippen LogP) is 3.07. The Morgan fingerprint density at radius 3 is 2.24 bits per heavy atom. The fourth-order valence-corrected chi connectivity index (χ4v) is 3.27. The summed E-state index contributed by atoms with van der Waals surface area (Å²) < 4.78 is 25.8. The zero-order valence-corrected chi connectivity index (χ0v) is 17.9. The lowest BCUT2D eigenvalue weighted by atomic mass is 10.1. The van der Waals surface area contributed by atoms with Crippen molar-refractivity contribution in [2.24, 2.45) is 5.92 Å². The Morgan fingerprint density at radius 2 is 1.66 bits per heavy atom. The highest BCUT2D eigenvalue weighted by atomic mass is 32.2. The van der Waals surface area contributed by atoms with Crippen LogP contribution in [-0.4, -0.2) is 27.3 Å². The van der Waals surface area contributed by atoms with E-state index in [9.17, 15) is 18.0 Å². The molecule has 7 nitrogen and oxygen atoms in total. The van der Waals surface area contributed by atoms with E-state index in [1.165, 1.54) is 19.2 Å². The third-order valence-corrected chi connectivity index (χ3v) is 5.88. The van der Waals surface area contributed by atoms with Crippen molar-refractivity contribution in [1.29, 1.82) is 0 Å². The van der Waals surface area contributed by atoms with Crippen LogP contribution in [0.5, 0.6) is 0 Å². The number of carbonyl (C=O) groups excluding carboxylic acids is 2. The quantitative estimate of drug-likeness (QED) is 0.614. The van der Waals surface area contributed by atoms with Crippen molar-refractivity contribution in [2.45, 2.75) is 38.5 Å². The molecule has 0 radical (unpaired) electrons.